The normalized spacial score (nSPS) is 27.6. The molecular formula is C14H30N2. The van der Waals surface area contributed by atoms with Crippen molar-refractivity contribution in [3.8, 4) is 0 Å². The quantitative estimate of drug-likeness (QED) is 0.749. The highest BCUT2D eigenvalue weighted by Gasteiger charge is 2.27. The van der Waals surface area contributed by atoms with Crippen molar-refractivity contribution in [3.63, 3.8) is 0 Å². The largest absolute Gasteiger partial charge is 0.317 e. The molecule has 1 aliphatic heterocycles. The van der Waals surface area contributed by atoms with Crippen LogP contribution in [0.3, 0.4) is 0 Å². The summed E-state index contributed by atoms with van der Waals surface area (Å²) in [4.78, 5) is 2.69. The number of piperidine rings is 1. The summed E-state index contributed by atoms with van der Waals surface area (Å²) in [5.74, 6) is 1.76. The number of nitrogens with zero attached hydrogens (tertiary/aromatic N) is 1. The van der Waals surface area contributed by atoms with Gasteiger partial charge in [-0.2, -0.15) is 0 Å². The first-order valence-corrected chi connectivity index (χ1v) is 7.14. The van der Waals surface area contributed by atoms with Gasteiger partial charge < -0.3 is 10.2 Å². The molecule has 0 aromatic carbocycles. The van der Waals surface area contributed by atoms with E-state index in [-0.39, 0.29) is 0 Å². The van der Waals surface area contributed by atoms with Gasteiger partial charge in [-0.05, 0) is 31.8 Å². The highest BCUT2D eigenvalue weighted by atomic mass is 15.1. The molecule has 0 aromatic rings. The second kappa shape index (κ2) is 7.29. The van der Waals surface area contributed by atoms with E-state index in [4.69, 9.17) is 0 Å². The number of hydrogen-bond donors (Lipinski definition) is 1. The van der Waals surface area contributed by atoms with Crippen LogP contribution in [-0.2, 0) is 0 Å². The van der Waals surface area contributed by atoms with Crippen molar-refractivity contribution in [3.05, 3.63) is 0 Å². The lowest BCUT2D eigenvalue weighted by atomic mass is 9.89. The highest BCUT2D eigenvalue weighted by Crippen LogP contribution is 2.22. The Balaban J connectivity index is 2.41. The lowest BCUT2D eigenvalue weighted by Crippen LogP contribution is -2.49. The second-order valence-corrected chi connectivity index (χ2v) is 5.29. The van der Waals surface area contributed by atoms with Crippen molar-refractivity contribution in [2.24, 2.45) is 11.8 Å². The molecule has 1 aliphatic rings. The van der Waals surface area contributed by atoms with E-state index >= 15 is 0 Å². The molecule has 0 saturated carbocycles. The van der Waals surface area contributed by atoms with Crippen LogP contribution in [0.5, 0.6) is 0 Å². The molecule has 0 aliphatic carbocycles. The fourth-order valence-electron chi connectivity index (χ4n) is 2.98. The van der Waals surface area contributed by atoms with Gasteiger partial charge in [-0.25, -0.2) is 0 Å². The van der Waals surface area contributed by atoms with Crippen LogP contribution in [0.15, 0.2) is 0 Å². The lowest BCUT2D eigenvalue weighted by Gasteiger charge is -2.39. The van der Waals surface area contributed by atoms with Crippen LogP contribution < -0.4 is 5.32 Å². The second-order valence-electron chi connectivity index (χ2n) is 5.29. The molecule has 1 fully saturated rings. The first kappa shape index (κ1) is 14.0. The zero-order chi connectivity index (χ0) is 12.0. The van der Waals surface area contributed by atoms with E-state index in [1.54, 1.807) is 0 Å². The van der Waals surface area contributed by atoms with Gasteiger partial charge in [0.15, 0.2) is 0 Å². The third-order valence-electron chi connectivity index (χ3n) is 4.38. The van der Waals surface area contributed by atoms with Gasteiger partial charge in [-0.1, -0.05) is 40.0 Å². The van der Waals surface area contributed by atoms with Crippen molar-refractivity contribution >= 4 is 0 Å². The first-order chi connectivity index (χ1) is 7.74. The molecule has 0 amide bonds. The number of nitrogens with one attached hydrogen (secondary N) is 1. The maximum atomic E-state index is 3.48. The minimum Gasteiger partial charge on any atom is -0.317 e. The summed E-state index contributed by atoms with van der Waals surface area (Å²) < 4.78 is 0. The van der Waals surface area contributed by atoms with Crippen LogP contribution >= 0.6 is 0 Å². The van der Waals surface area contributed by atoms with Crippen LogP contribution in [0.25, 0.3) is 0 Å². The van der Waals surface area contributed by atoms with E-state index in [1.165, 1.54) is 45.3 Å². The van der Waals surface area contributed by atoms with Gasteiger partial charge >= 0.3 is 0 Å². The Morgan fingerprint density at radius 2 is 1.94 bits per heavy atom. The smallest absolute Gasteiger partial charge is 0.0117 e. The molecule has 0 radical (unpaired) electrons. The Morgan fingerprint density at radius 1 is 1.25 bits per heavy atom. The monoisotopic (exact) mass is 226 g/mol. The van der Waals surface area contributed by atoms with E-state index in [0.717, 1.165) is 17.9 Å². The molecule has 2 unspecified atom stereocenters. The van der Waals surface area contributed by atoms with Gasteiger partial charge in [-0.15, -0.1) is 0 Å². The summed E-state index contributed by atoms with van der Waals surface area (Å²) in [6.45, 7) is 10.9. The van der Waals surface area contributed by atoms with Gasteiger partial charge in [-0.3, -0.25) is 0 Å². The van der Waals surface area contributed by atoms with E-state index in [0.29, 0.717) is 0 Å². The Morgan fingerprint density at radius 3 is 2.44 bits per heavy atom. The molecule has 2 atom stereocenters. The van der Waals surface area contributed by atoms with Gasteiger partial charge in [0.05, 0.1) is 0 Å². The van der Waals surface area contributed by atoms with E-state index in [2.05, 4.69) is 38.0 Å². The molecule has 2 nitrogen and oxygen atoms in total. The first-order valence-electron chi connectivity index (χ1n) is 7.14. The predicted molar refractivity (Wildman–Crippen MR) is 71.8 cm³/mol. The Labute approximate surface area is 102 Å². The van der Waals surface area contributed by atoms with Crippen LogP contribution in [-0.4, -0.2) is 37.6 Å². The molecule has 2 heteroatoms. The van der Waals surface area contributed by atoms with Crippen LogP contribution in [0.1, 0.15) is 46.5 Å². The molecule has 96 valence electrons. The molecule has 0 spiro atoms. The number of likely N-dealkylation sites (tertiary alicyclic amines) is 1. The summed E-state index contributed by atoms with van der Waals surface area (Å²) in [7, 11) is 2.11. The Hall–Kier alpha value is -0.0800. The third kappa shape index (κ3) is 3.74. The topological polar surface area (TPSA) is 15.3 Å². The fourth-order valence-corrected chi connectivity index (χ4v) is 2.98. The summed E-state index contributed by atoms with van der Waals surface area (Å²) in [5, 5.41) is 3.48. The van der Waals surface area contributed by atoms with Gasteiger partial charge in [0.2, 0.25) is 0 Å². The molecule has 0 bridgehead atoms. The minimum absolute atomic E-state index is 0.753. The Bertz CT molecular complexity index is 178. The van der Waals surface area contributed by atoms with Crippen molar-refractivity contribution in [2.75, 3.05) is 26.7 Å². The summed E-state index contributed by atoms with van der Waals surface area (Å²) in [6.07, 6.45) is 5.30. The molecular weight excluding hydrogens is 196 g/mol. The maximum Gasteiger partial charge on any atom is 0.0117 e. The maximum absolute atomic E-state index is 3.48. The third-order valence-corrected chi connectivity index (χ3v) is 4.38. The minimum atomic E-state index is 0.753. The molecule has 1 saturated heterocycles. The molecule has 1 heterocycles. The SMILES string of the molecule is CCC(CC)CN1CCC(NC)C(CC)C1. The molecule has 16 heavy (non-hydrogen) atoms. The fraction of sp³-hybridized carbons (Fsp3) is 1.00. The zero-order valence-corrected chi connectivity index (χ0v) is 11.6. The van der Waals surface area contributed by atoms with Crippen molar-refractivity contribution in [2.45, 2.75) is 52.5 Å². The van der Waals surface area contributed by atoms with Gasteiger partial charge in [0, 0.05) is 19.1 Å². The van der Waals surface area contributed by atoms with Crippen LogP contribution in [0.4, 0.5) is 0 Å². The molecule has 1 N–H and O–H groups in total. The van der Waals surface area contributed by atoms with E-state index in [1.807, 2.05) is 0 Å². The van der Waals surface area contributed by atoms with Crippen molar-refractivity contribution < 1.29 is 0 Å². The average molecular weight is 226 g/mol. The molecule has 0 aromatic heterocycles. The van der Waals surface area contributed by atoms with Gasteiger partial charge in [0.1, 0.15) is 0 Å². The standard InChI is InChI=1S/C14H30N2/c1-5-12(6-2)10-16-9-8-14(15-4)13(7-3)11-16/h12-15H,5-11H2,1-4H3. The highest BCUT2D eigenvalue weighted by molar-refractivity contribution is 4.84. The van der Waals surface area contributed by atoms with Crippen LogP contribution in [0.2, 0.25) is 0 Å². The van der Waals surface area contributed by atoms with Gasteiger partial charge in [0.25, 0.3) is 0 Å². The lowest BCUT2D eigenvalue weighted by molar-refractivity contribution is 0.119. The van der Waals surface area contributed by atoms with Crippen LogP contribution in [0, 0.1) is 11.8 Å². The predicted octanol–water partition coefficient (Wildman–Crippen LogP) is 2.74. The summed E-state index contributed by atoms with van der Waals surface area (Å²) >= 11 is 0. The number of hydrogen-bond acceptors (Lipinski definition) is 2. The van der Waals surface area contributed by atoms with Crippen molar-refractivity contribution in [1.29, 1.82) is 0 Å². The van der Waals surface area contributed by atoms with Crippen molar-refractivity contribution in [1.82, 2.24) is 10.2 Å². The summed E-state index contributed by atoms with van der Waals surface area (Å²) in [5.41, 5.74) is 0. The number of rotatable bonds is 6. The Kier molecular flexibility index (Phi) is 6.37. The summed E-state index contributed by atoms with van der Waals surface area (Å²) in [6, 6.07) is 0.753. The molecule has 1 rings (SSSR count). The zero-order valence-electron chi connectivity index (χ0n) is 11.6. The average Bonchev–Trinajstić information content (AvgIpc) is 2.35. The van der Waals surface area contributed by atoms with E-state index in [9.17, 15) is 0 Å². The van der Waals surface area contributed by atoms with E-state index < -0.39 is 0 Å².